The fourth-order valence-electron chi connectivity index (χ4n) is 4.00. The number of hydrogen-bond acceptors (Lipinski definition) is 3. The standard InChI is InChI=1S/C15H18N4O2/c20-14(17-6-10-4-8-1-2-9(10)3-8)11-5-12-13(16-7-11)19-15(21)18-12/h5,7-10H,1-4,6H2,(H,17,20)(H2,16,18,19,21). The molecule has 1 amide bonds. The number of pyridine rings is 1. The summed E-state index contributed by atoms with van der Waals surface area (Å²) in [5.41, 5.74) is 1.22. The lowest BCUT2D eigenvalue weighted by Gasteiger charge is -2.21. The maximum absolute atomic E-state index is 12.2. The highest BCUT2D eigenvalue weighted by Gasteiger charge is 2.39. The Balaban J connectivity index is 1.44. The minimum Gasteiger partial charge on any atom is -0.352 e. The molecular formula is C15H18N4O2. The normalized spacial score (nSPS) is 27.3. The molecule has 2 aromatic heterocycles. The van der Waals surface area contributed by atoms with Gasteiger partial charge in [0.1, 0.15) is 0 Å². The molecule has 2 heterocycles. The van der Waals surface area contributed by atoms with Gasteiger partial charge in [-0.05, 0) is 43.1 Å². The summed E-state index contributed by atoms with van der Waals surface area (Å²) >= 11 is 0. The van der Waals surface area contributed by atoms with Crippen LogP contribution >= 0.6 is 0 Å². The minimum absolute atomic E-state index is 0.116. The second-order valence-corrected chi connectivity index (χ2v) is 6.34. The van der Waals surface area contributed by atoms with E-state index in [0.717, 1.165) is 18.4 Å². The predicted octanol–water partition coefficient (Wildman–Crippen LogP) is 1.42. The lowest BCUT2D eigenvalue weighted by atomic mass is 9.89. The Morgan fingerprint density at radius 2 is 2.24 bits per heavy atom. The molecule has 110 valence electrons. The van der Waals surface area contributed by atoms with E-state index in [9.17, 15) is 9.59 Å². The van der Waals surface area contributed by atoms with Crippen LogP contribution in [-0.2, 0) is 0 Å². The van der Waals surface area contributed by atoms with Crippen molar-refractivity contribution in [2.45, 2.75) is 25.7 Å². The van der Waals surface area contributed by atoms with Crippen molar-refractivity contribution in [3.8, 4) is 0 Å². The van der Waals surface area contributed by atoms with Gasteiger partial charge in [0, 0.05) is 12.7 Å². The van der Waals surface area contributed by atoms with Crippen LogP contribution in [0.5, 0.6) is 0 Å². The van der Waals surface area contributed by atoms with Crippen LogP contribution in [0, 0.1) is 17.8 Å². The molecule has 0 radical (unpaired) electrons. The zero-order valence-electron chi connectivity index (χ0n) is 11.7. The number of H-pyrrole nitrogens is 2. The Hall–Kier alpha value is -2.11. The molecule has 6 nitrogen and oxygen atoms in total. The van der Waals surface area contributed by atoms with E-state index in [1.165, 1.54) is 31.9 Å². The van der Waals surface area contributed by atoms with E-state index < -0.39 is 0 Å². The summed E-state index contributed by atoms with van der Waals surface area (Å²) in [6.07, 6.45) is 6.80. The van der Waals surface area contributed by atoms with Crippen molar-refractivity contribution >= 4 is 17.1 Å². The molecule has 21 heavy (non-hydrogen) atoms. The zero-order chi connectivity index (χ0) is 14.4. The smallest absolute Gasteiger partial charge is 0.325 e. The van der Waals surface area contributed by atoms with Crippen LogP contribution in [0.25, 0.3) is 11.2 Å². The first-order valence-electron chi connectivity index (χ1n) is 7.55. The third kappa shape index (κ3) is 2.24. The van der Waals surface area contributed by atoms with Gasteiger partial charge in [-0.15, -0.1) is 0 Å². The molecule has 0 spiro atoms. The van der Waals surface area contributed by atoms with Gasteiger partial charge in [0.05, 0.1) is 11.1 Å². The molecule has 2 fully saturated rings. The minimum atomic E-state index is -0.308. The zero-order valence-corrected chi connectivity index (χ0v) is 11.7. The largest absolute Gasteiger partial charge is 0.352 e. The number of nitrogens with zero attached hydrogens (tertiary/aromatic N) is 1. The molecule has 4 rings (SSSR count). The average Bonchev–Trinajstić information content (AvgIpc) is 3.17. The first-order valence-corrected chi connectivity index (χ1v) is 7.55. The van der Waals surface area contributed by atoms with Crippen molar-refractivity contribution in [2.75, 3.05) is 6.54 Å². The topological polar surface area (TPSA) is 90.6 Å². The fourth-order valence-corrected chi connectivity index (χ4v) is 4.00. The highest BCUT2D eigenvalue weighted by molar-refractivity contribution is 5.96. The van der Waals surface area contributed by atoms with E-state index >= 15 is 0 Å². The monoisotopic (exact) mass is 286 g/mol. The molecule has 2 saturated carbocycles. The Bertz CT molecular complexity index is 747. The molecule has 3 atom stereocenters. The molecule has 0 aliphatic heterocycles. The van der Waals surface area contributed by atoms with Crippen LogP contribution in [-0.4, -0.2) is 27.4 Å². The van der Waals surface area contributed by atoms with Crippen LogP contribution in [0.15, 0.2) is 17.1 Å². The Morgan fingerprint density at radius 3 is 3.00 bits per heavy atom. The van der Waals surface area contributed by atoms with Crippen LogP contribution < -0.4 is 11.0 Å². The van der Waals surface area contributed by atoms with Gasteiger partial charge in [-0.25, -0.2) is 9.78 Å². The van der Waals surface area contributed by atoms with Crippen LogP contribution in [0.3, 0.4) is 0 Å². The van der Waals surface area contributed by atoms with Gasteiger partial charge in [-0.2, -0.15) is 0 Å². The number of amides is 1. The van der Waals surface area contributed by atoms with Crippen molar-refractivity contribution in [3.63, 3.8) is 0 Å². The van der Waals surface area contributed by atoms with Crippen molar-refractivity contribution in [1.29, 1.82) is 0 Å². The number of hydrogen-bond donors (Lipinski definition) is 3. The van der Waals surface area contributed by atoms with Crippen LogP contribution in [0.2, 0.25) is 0 Å². The van der Waals surface area contributed by atoms with Crippen molar-refractivity contribution in [2.24, 2.45) is 17.8 Å². The summed E-state index contributed by atoms with van der Waals surface area (Å²) in [7, 11) is 0. The van der Waals surface area contributed by atoms with Gasteiger partial charge < -0.3 is 10.3 Å². The molecule has 3 N–H and O–H groups in total. The molecule has 6 heteroatoms. The molecule has 2 aliphatic carbocycles. The highest BCUT2D eigenvalue weighted by Crippen LogP contribution is 2.47. The summed E-state index contributed by atoms with van der Waals surface area (Å²) < 4.78 is 0. The molecule has 0 aromatic carbocycles. The van der Waals surface area contributed by atoms with Crippen molar-refractivity contribution in [1.82, 2.24) is 20.3 Å². The highest BCUT2D eigenvalue weighted by atomic mass is 16.2. The summed E-state index contributed by atoms with van der Waals surface area (Å²) in [5.74, 6) is 2.21. The maximum atomic E-state index is 12.2. The molecule has 0 saturated heterocycles. The van der Waals surface area contributed by atoms with E-state index in [2.05, 4.69) is 20.3 Å². The van der Waals surface area contributed by atoms with Gasteiger partial charge in [0.25, 0.3) is 5.91 Å². The third-order valence-corrected chi connectivity index (χ3v) is 5.04. The molecule has 2 aromatic rings. The molecule has 2 bridgehead atoms. The Kier molecular flexibility index (Phi) is 2.83. The first-order chi connectivity index (χ1) is 10.2. The van der Waals surface area contributed by atoms with E-state index in [4.69, 9.17) is 0 Å². The van der Waals surface area contributed by atoms with Gasteiger partial charge in [-0.1, -0.05) is 6.42 Å². The number of carbonyl (C=O) groups excluding carboxylic acids is 1. The average molecular weight is 286 g/mol. The number of nitrogens with one attached hydrogen (secondary N) is 3. The number of carbonyl (C=O) groups is 1. The summed E-state index contributed by atoms with van der Waals surface area (Å²) in [6.45, 7) is 0.752. The predicted molar refractivity (Wildman–Crippen MR) is 78.0 cm³/mol. The number of rotatable bonds is 3. The number of aromatic nitrogens is 3. The van der Waals surface area contributed by atoms with E-state index in [1.54, 1.807) is 6.07 Å². The maximum Gasteiger partial charge on any atom is 0.325 e. The SMILES string of the molecule is O=C(NCC1CC2CCC1C2)c1cnc2[nH]c(=O)[nH]c2c1. The summed E-state index contributed by atoms with van der Waals surface area (Å²) in [5, 5.41) is 3.02. The van der Waals surface area contributed by atoms with Gasteiger partial charge >= 0.3 is 5.69 Å². The van der Waals surface area contributed by atoms with E-state index in [0.29, 0.717) is 22.6 Å². The lowest BCUT2D eigenvalue weighted by Crippen LogP contribution is -2.31. The van der Waals surface area contributed by atoms with Crippen LogP contribution in [0.4, 0.5) is 0 Å². The van der Waals surface area contributed by atoms with Gasteiger partial charge in [-0.3, -0.25) is 9.78 Å². The lowest BCUT2D eigenvalue weighted by molar-refractivity contribution is 0.0941. The van der Waals surface area contributed by atoms with E-state index in [1.807, 2.05) is 0 Å². The number of fused-ring (bicyclic) bond motifs is 3. The first kappa shape index (κ1) is 12.6. The summed E-state index contributed by atoms with van der Waals surface area (Å²) in [6, 6.07) is 1.66. The molecular weight excluding hydrogens is 268 g/mol. The Morgan fingerprint density at radius 1 is 1.33 bits per heavy atom. The van der Waals surface area contributed by atoms with Crippen molar-refractivity contribution in [3.05, 3.63) is 28.3 Å². The van der Waals surface area contributed by atoms with E-state index in [-0.39, 0.29) is 11.6 Å². The molecule has 2 aliphatic rings. The number of aromatic amines is 2. The van der Waals surface area contributed by atoms with Crippen molar-refractivity contribution < 1.29 is 4.79 Å². The third-order valence-electron chi connectivity index (χ3n) is 5.04. The Labute approximate surface area is 121 Å². The van der Waals surface area contributed by atoms with Gasteiger partial charge in [0.15, 0.2) is 5.65 Å². The fraction of sp³-hybridized carbons (Fsp3) is 0.533. The molecule has 3 unspecified atom stereocenters. The quantitative estimate of drug-likeness (QED) is 0.797. The van der Waals surface area contributed by atoms with Gasteiger partial charge in [0.2, 0.25) is 0 Å². The second-order valence-electron chi connectivity index (χ2n) is 6.34. The van der Waals surface area contributed by atoms with Crippen LogP contribution in [0.1, 0.15) is 36.0 Å². The second kappa shape index (κ2) is 4.72. The summed E-state index contributed by atoms with van der Waals surface area (Å²) in [4.78, 5) is 32.7. The number of imidazole rings is 1.